The molecule has 0 saturated carbocycles. The van der Waals surface area contributed by atoms with Gasteiger partial charge in [0.1, 0.15) is 5.82 Å². The van der Waals surface area contributed by atoms with Gasteiger partial charge in [0.2, 0.25) is 0 Å². The van der Waals surface area contributed by atoms with Gasteiger partial charge in [-0.2, -0.15) is 5.26 Å². The second-order valence-corrected chi connectivity index (χ2v) is 2.26. The van der Waals surface area contributed by atoms with E-state index in [9.17, 15) is 4.39 Å². The molecule has 0 aliphatic rings. The van der Waals surface area contributed by atoms with Crippen LogP contribution in [-0.2, 0) is 6.42 Å². The second kappa shape index (κ2) is 3.11. The van der Waals surface area contributed by atoms with E-state index in [-0.39, 0.29) is 12.2 Å². The maximum atomic E-state index is 12.6. The van der Waals surface area contributed by atoms with E-state index < -0.39 is 0 Å². The summed E-state index contributed by atoms with van der Waals surface area (Å²) in [6.45, 7) is 1.65. The van der Waals surface area contributed by atoms with Crippen LogP contribution < -0.4 is 0 Å². The van der Waals surface area contributed by atoms with Crippen molar-refractivity contribution in [2.45, 2.75) is 13.3 Å². The monoisotopic (exact) mass is 150 g/mol. The lowest BCUT2D eigenvalue weighted by Crippen LogP contribution is -1.91. The van der Waals surface area contributed by atoms with Crippen molar-refractivity contribution >= 4 is 0 Å². The average molecular weight is 150 g/mol. The van der Waals surface area contributed by atoms with E-state index in [0.717, 1.165) is 6.20 Å². The topological polar surface area (TPSA) is 36.7 Å². The predicted octanol–water partition coefficient (Wildman–Crippen LogP) is 1.60. The summed E-state index contributed by atoms with van der Waals surface area (Å²) in [7, 11) is 0. The molecule has 0 fully saturated rings. The fourth-order valence-electron chi connectivity index (χ4n) is 0.775. The highest BCUT2D eigenvalue weighted by molar-refractivity contribution is 5.18. The van der Waals surface area contributed by atoms with Crippen LogP contribution in [0.2, 0.25) is 0 Å². The summed E-state index contributed by atoms with van der Waals surface area (Å²) >= 11 is 0. The van der Waals surface area contributed by atoms with Crippen molar-refractivity contribution in [1.82, 2.24) is 4.98 Å². The van der Waals surface area contributed by atoms with Gasteiger partial charge in [0.05, 0.1) is 24.4 Å². The van der Waals surface area contributed by atoms with E-state index in [0.29, 0.717) is 11.3 Å². The van der Waals surface area contributed by atoms with Crippen molar-refractivity contribution in [3.05, 3.63) is 29.3 Å². The maximum Gasteiger partial charge on any atom is 0.144 e. The summed E-state index contributed by atoms with van der Waals surface area (Å²) in [5.74, 6) is -0.327. The standard InChI is InChI=1S/C8H7FN2/c1-6-4-7(2-3-10)11-5-8(6)9/h4-5H,2H2,1H3. The first kappa shape index (κ1) is 7.67. The number of hydrogen-bond donors (Lipinski definition) is 0. The summed E-state index contributed by atoms with van der Waals surface area (Å²) < 4.78 is 12.6. The molecule has 0 atom stereocenters. The van der Waals surface area contributed by atoms with E-state index in [1.807, 2.05) is 6.07 Å². The van der Waals surface area contributed by atoms with E-state index >= 15 is 0 Å². The summed E-state index contributed by atoms with van der Waals surface area (Å²) in [6, 6.07) is 3.53. The summed E-state index contributed by atoms with van der Waals surface area (Å²) in [4.78, 5) is 3.73. The Bertz CT molecular complexity index is 301. The molecule has 0 saturated heterocycles. The van der Waals surface area contributed by atoms with Crippen LogP contribution in [0.3, 0.4) is 0 Å². The quantitative estimate of drug-likeness (QED) is 0.609. The summed E-state index contributed by atoms with van der Waals surface area (Å²) in [5, 5.41) is 8.30. The maximum absolute atomic E-state index is 12.6. The molecule has 0 unspecified atom stereocenters. The molecule has 3 heteroatoms. The molecule has 1 rings (SSSR count). The van der Waals surface area contributed by atoms with Crippen LogP contribution in [0.5, 0.6) is 0 Å². The Balaban J connectivity index is 2.98. The van der Waals surface area contributed by atoms with E-state index in [2.05, 4.69) is 4.98 Å². The molecule has 0 N–H and O–H groups in total. The van der Waals surface area contributed by atoms with Gasteiger partial charge in [-0.15, -0.1) is 0 Å². The van der Waals surface area contributed by atoms with Gasteiger partial charge in [0, 0.05) is 0 Å². The Hall–Kier alpha value is -1.43. The lowest BCUT2D eigenvalue weighted by molar-refractivity contribution is 0.610. The number of pyridine rings is 1. The van der Waals surface area contributed by atoms with Crippen molar-refractivity contribution in [1.29, 1.82) is 5.26 Å². The molecule has 0 spiro atoms. The molecule has 0 aliphatic heterocycles. The predicted molar refractivity (Wildman–Crippen MR) is 38.2 cm³/mol. The highest BCUT2D eigenvalue weighted by atomic mass is 19.1. The first-order chi connectivity index (χ1) is 5.24. The van der Waals surface area contributed by atoms with Crippen molar-refractivity contribution in [2.75, 3.05) is 0 Å². The molecule has 0 aromatic carbocycles. The molecule has 0 aliphatic carbocycles. The Morgan fingerprint density at radius 1 is 1.73 bits per heavy atom. The molecule has 1 heterocycles. The third-order valence-electron chi connectivity index (χ3n) is 1.36. The molecule has 1 aromatic heterocycles. The van der Waals surface area contributed by atoms with Crippen LogP contribution in [0.1, 0.15) is 11.3 Å². The van der Waals surface area contributed by atoms with Crippen molar-refractivity contribution in [3.63, 3.8) is 0 Å². The Morgan fingerprint density at radius 2 is 2.45 bits per heavy atom. The number of nitriles is 1. The first-order valence-electron chi connectivity index (χ1n) is 3.22. The second-order valence-electron chi connectivity index (χ2n) is 2.26. The Kier molecular flexibility index (Phi) is 2.17. The molecule has 0 bridgehead atoms. The third-order valence-corrected chi connectivity index (χ3v) is 1.36. The van der Waals surface area contributed by atoms with Gasteiger partial charge in [0.15, 0.2) is 0 Å². The molecule has 56 valence electrons. The van der Waals surface area contributed by atoms with E-state index in [1.165, 1.54) is 0 Å². The van der Waals surface area contributed by atoms with Crippen LogP contribution in [0.15, 0.2) is 12.3 Å². The average Bonchev–Trinajstić information content (AvgIpc) is 1.98. The Labute approximate surface area is 64.3 Å². The fraction of sp³-hybridized carbons (Fsp3) is 0.250. The van der Waals surface area contributed by atoms with Crippen LogP contribution >= 0.6 is 0 Å². The largest absolute Gasteiger partial charge is 0.257 e. The van der Waals surface area contributed by atoms with Crippen LogP contribution in [-0.4, -0.2) is 4.98 Å². The van der Waals surface area contributed by atoms with Gasteiger partial charge in [0.25, 0.3) is 0 Å². The van der Waals surface area contributed by atoms with E-state index in [1.54, 1.807) is 13.0 Å². The van der Waals surface area contributed by atoms with Gasteiger partial charge in [-0.05, 0) is 18.6 Å². The lowest BCUT2D eigenvalue weighted by atomic mass is 10.2. The number of nitrogens with zero attached hydrogens (tertiary/aromatic N) is 2. The van der Waals surface area contributed by atoms with E-state index in [4.69, 9.17) is 5.26 Å². The molecular weight excluding hydrogens is 143 g/mol. The van der Waals surface area contributed by atoms with Gasteiger partial charge < -0.3 is 0 Å². The SMILES string of the molecule is Cc1cc(CC#N)ncc1F. The number of aromatic nitrogens is 1. The highest BCUT2D eigenvalue weighted by Crippen LogP contribution is 2.05. The van der Waals surface area contributed by atoms with Crippen LogP contribution in [0, 0.1) is 24.1 Å². The van der Waals surface area contributed by atoms with Crippen LogP contribution in [0.25, 0.3) is 0 Å². The molecule has 11 heavy (non-hydrogen) atoms. The van der Waals surface area contributed by atoms with Gasteiger partial charge in [-0.25, -0.2) is 4.39 Å². The number of rotatable bonds is 1. The lowest BCUT2D eigenvalue weighted by Gasteiger charge is -1.96. The summed E-state index contributed by atoms with van der Waals surface area (Å²) in [6.07, 6.45) is 1.38. The molecule has 0 radical (unpaired) electrons. The minimum absolute atomic E-state index is 0.237. The number of halogens is 1. The zero-order valence-corrected chi connectivity index (χ0v) is 6.13. The smallest absolute Gasteiger partial charge is 0.144 e. The van der Waals surface area contributed by atoms with Crippen molar-refractivity contribution in [3.8, 4) is 6.07 Å². The molecule has 1 aromatic rings. The van der Waals surface area contributed by atoms with Gasteiger partial charge in [-0.1, -0.05) is 0 Å². The van der Waals surface area contributed by atoms with Gasteiger partial charge in [-0.3, -0.25) is 4.98 Å². The highest BCUT2D eigenvalue weighted by Gasteiger charge is 1.98. The first-order valence-corrected chi connectivity index (χ1v) is 3.22. The zero-order chi connectivity index (χ0) is 8.27. The number of hydrogen-bond acceptors (Lipinski definition) is 2. The molecular formula is C8H7FN2. The molecule has 0 amide bonds. The molecule has 2 nitrogen and oxygen atoms in total. The zero-order valence-electron chi connectivity index (χ0n) is 6.13. The van der Waals surface area contributed by atoms with Crippen LogP contribution in [0.4, 0.5) is 4.39 Å². The van der Waals surface area contributed by atoms with Crippen molar-refractivity contribution in [2.24, 2.45) is 0 Å². The van der Waals surface area contributed by atoms with Gasteiger partial charge >= 0.3 is 0 Å². The summed E-state index contributed by atoms with van der Waals surface area (Å²) in [5.41, 5.74) is 1.15. The normalized spacial score (nSPS) is 9.18. The minimum atomic E-state index is -0.327. The minimum Gasteiger partial charge on any atom is -0.257 e. The Morgan fingerprint density at radius 3 is 3.00 bits per heavy atom. The fourth-order valence-corrected chi connectivity index (χ4v) is 0.775. The third kappa shape index (κ3) is 1.74. The number of aryl methyl sites for hydroxylation is 1. The van der Waals surface area contributed by atoms with Crippen molar-refractivity contribution < 1.29 is 4.39 Å².